The van der Waals surface area contributed by atoms with Crippen molar-refractivity contribution >= 4 is 11.9 Å². The average molecular weight is 395 g/mol. The number of rotatable bonds is 1. The lowest BCUT2D eigenvalue weighted by molar-refractivity contribution is -0.137. The van der Waals surface area contributed by atoms with E-state index >= 15 is 0 Å². The molecule has 2 saturated carbocycles. The van der Waals surface area contributed by atoms with Gasteiger partial charge >= 0.3 is 0 Å². The monoisotopic (exact) mass is 395 g/mol. The first-order valence-electron chi connectivity index (χ1n) is 10.4. The summed E-state index contributed by atoms with van der Waals surface area (Å²) >= 11 is 0. The van der Waals surface area contributed by atoms with Gasteiger partial charge in [-0.2, -0.15) is 0 Å². The van der Waals surface area contributed by atoms with Gasteiger partial charge in [-0.05, 0) is 68.2 Å². The summed E-state index contributed by atoms with van der Waals surface area (Å²) in [5.41, 5.74) is 6.65. The minimum Gasteiger partial charge on any atom is -0.381 e. The molecule has 1 aromatic carbocycles. The molecule has 0 aromatic heterocycles. The van der Waals surface area contributed by atoms with Crippen LogP contribution in [0, 0.1) is 29.0 Å². The van der Waals surface area contributed by atoms with Gasteiger partial charge in [0.25, 0.3) is 5.91 Å². The van der Waals surface area contributed by atoms with E-state index in [0.29, 0.717) is 17.9 Å². The van der Waals surface area contributed by atoms with Gasteiger partial charge in [0.05, 0.1) is 11.7 Å². The van der Waals surface area contributed by atoms with Crippen LogP contribution in [0.1, 0.15) is 55.2 Å². The van der Waals surface area contributed by atoms with Crippen molar-refractivity contribution in [2.45, 2.75) is 56.6 Å². The van der Waals surface area contributed by atoms with Crippen LogP contribution in [0.25, 0.3) is 0 Å². The second-order valence-corrected chi connectivity index (χ2v) is 8.97. The molecule has 3 aliphatic carbocycles. The first-order valence-corrected chi connectivity index (χ1v) is 10.4. The third-order valence-corrected chi connectivity index (χ3v) is 7.33. The van der Waals surface area contributed by atoms with Gasteiger partial charge < -0.3 is 10.5 Å². The Balaban J connectivity index is 1.66. The van der Waals surface area contributed by atoms with Crippen molar-refractivity contribution in [1.82, 2.24) is 4.90 Å². The van der Waals surface area contributed by atoms with E-state index in [9.17, 15) is 9.18 Å². The number of ether oxygens (including phenoxy) is 1. The molecule has 6 heteroatoms. The lowest BCUT2D eigenvalue weighted by Gasteiger charge is -2.45. The summed E-state index contributed by atoms with van der Waals surface area (Å²) in [7, 11) is 3.40. The minimum absolute atomic E-state index is 0.114. The van der Waals surface area contributed by atoms with E-state index in [0.717, 1.165) is 49.7 Å². The highest BCUT2D eigenvalue weighted by Crippen LogP contribution is 2.62. The summed E-state index contributed by atoms with van der Waals surface area (Å²) in [6.07, 6.45) is 6.28. The number of carbonyl (C=O) groups excluding carboxylic acids is 1. The number of halogens is 1. The summed E-state index contributed by atoms with van der Waals surface area (Å²) in [4.78, 5) is 19.8. The zero-order valence-electron chi connectivity index (χ0n) is 16.9. The van der Waals surface area contributed by atoms with Gasteiger partial charge in [-0.1, -0.05) is 11.8 Å². The molecule has 1 aliphatic heterocycles. The van der Waals surface area contributed by atoms with E-state index < -0.39 is 11.0 Å². The lowest BCUT2D eigenvalue weighted by atomic mass is 9.61. The average Bonchev–Trinajstić information content (AvgIpc) is 3.47. The zero-order chi connectivity index (χ0) is 20.4. The number of nitrogens with two attached hydrogens (primary N) is 1. The first-order chi connectivity index (χ1) is 13.9. The Hall–Kier alpha value is -2.39. The number of benzene rings is 1. The number of guanidine groups is 1. The summed E-state index contributed by atoms with van der Waals surface area (Å²) in [6, 6.07) is 3.34. The normalized spacial score (nSPS) is 33.1. The number of fused-ring (bicyclic) bond motifs is 3. The Morgan fingerprint density at radius 2 is 2.00 bits per heavy atom. The Kier molecular flexibility index (Phi) is 4.05. The second-order valence-electron chi connectivity index (χ2n) is 8.97. The first kappa shape index (κ1) is 18.6. The van der Waals surface area contributed by atoms with Gasteiger partial charge in [-0.25, -0.2) is 9.38 Å². The third-order valence-electron chi connectivity index (χ3n) is 7.33. The lowest BCUT2D eigenvalue weighted by Crippen LogP contribution is -2.51. The predicted molar refractivity (Wildman–Crippen MR) is 107 cm³/mol. The molecule has 5 rings (SSSR count). The standard InChI is InChI=1S/C23H26FN3O2/c1-27-20(28)23(26-21(27)25)18-11-15(6-5-14-3-4-14)19(24)12-16(18)13-22(23)9-7-17(29-2)8-10-22/h11-12,14,17H,3-4,7-10,13H2,1-2H3,(H2,25,26). The molecule has 152 valence electrons. The van der Waals surface area contributed by atoms with Crippen LogP contribution in [-0.2, 0) is 21.5 Å². The number of hydrogen-bond acceptors (Lipinski definition) is 4. The fraction of sp³-hybridized carbons (Fsp3) is 0.565. The number of amides is 1. The van der Waals surface area contributed by atoms with Crippen molar-refractivity contribution in [2.24, 2.45) is 22.1 Å². The summed E-state index contributed by atoms with van der Waals surface area (Å²) in [5.74, 6) is 6.32. The molecule has 1 unspecified atom stereocenters. The number of nitrogens with zero attached hydrogens (tertiary/aromatic N) is 2. The summed E-state index contributed by atoms with van der Waals surface area (Å²) in [6.45, 7) is 0. The smallest absolute Gasteiger partial charge is 0.262 e. The quantitative estimate of drug-likeness (QED) is 0.744. The molecule has 1 aromatic rings. The fourth-order valence-corrected chi connectivity index (χ4v) is 5.46. The summed E-state index contributed by atoms with van der Waals surface area (Å²) < 4.78 is 20.4. The highest BCUT2D eigenvalue weighted by molar-refractivity contribution is 6.08. The van der Waals surface area contributed by atoms with Crippen LogP contribution in [0.15, 0.2) is 17.1 Å². The molecule has 2 spiro atoms. The van der Waals surface area contributed by atoms with E-state index in [1.807, 2.05) is 0 Å². The van der Waals surface area contributed by atoms with Crippen LogP contribution in [0.2, 0.25) is 0 Å². The Bertz CT molecular complexity index is 980. The Morgan fingerprint density at radius 3 is 2.59 bits per heavy atom. The molecule has 4 aliphatic rings. The van der Waals surface area contributed by atoms with E-state index in [2.05, 4.69) is 11.8 Å². The van der Waals surface area contributed by atoms with Crippen LogP contribution < -0.4 is 5.73 Å². The van der Waals surface area contributed by atoms with Crippen LogP contribution in [0.3, 0.4) is 0 Å². The Labute approximate surface area is 170 Å². The van der Waals surface area contributed by atoms with Crippen molar-refractivity contribution in [3.05, 3.63) is 34.6 Å². The number of aliphatic imine (C=N–C) groups is 1. The molecule has 0 saturated heterocycles. The molecule has 29 heavy (non-hydrogen) atoms. The highest BCUT2D eigenvalue weighted by atomic mass is 19.1. The second kappa shape index (κ2) is 6.30. The van der Waals surface area contributed by atoms with Gasteiger partial charge in [0, 0.05) is 25.5 Å². The summed E-state index contributed by atoms with van der Waals surface area (Å²) in [5, 5.41) is 0. The van der Waals surface area contributed by atoms with Gasteiger partial charge in [0.2, 0.25) is 0 Å². The van der Waals surface area contributed by atoms with Crippen LogP contribution in [0.5, 0.6) is 0 Å². The molecule has 1 heterocycles. The molecular formula is C23H26FN3O2. The topological polar surface area (TPSA) is 67.9 Å². The number of methoxy groups -OCH3 is 1. The maximum absolute atomic E-state index is 14.8. The van der Waals surface area contributed by atoms with E-state index in [-0.39, 0.29) is 23.8 Å². The third kappa shape index (κ3) is 2.56. The van der Waals surface area contributed by atoms with Crippen molar-refractivity contribution in [3.63, 3.8) is 0 Å². The van der Waals surface area contributed by atoms with Crippen LogP contribution in [0.4, 0.5) is 4.39 Å². The van der Waals surface area contributed by atoms with E-state index in [1.54, 1.807) is 26.3 Å². The van der Waals surface area contributed by atoms with E-state index in [1.165, 1.54) is 4.90 Å². The molecule has 2 fully saturated rings. The molecule has 0 radical (unpaired) electrons. The SMILES string of the molecule is COC1CCC2(CC1)Cc1cc(F)c(C#CC3CC3)cc1C21N=C(N)N(C)C1=O. The Morgan fingerprint density at radius 1 is 1.28 bits per heavy atom. The van der Waals surface area contributed by atoms with Crippen LogP contribution in [-0.4, -0.2) is 37.0 Å². The van der Waals surface area contributed by atoms with Gasteiger partial charge in [0.15, 0.2) is 11.5 Å². The van der Waals surface area contributed by atoms with Gasteiger partial charge in [0.1, 0.15) is 5.82 Å². The van der Waals surface area contributed by atoms with Crippen molar-refractivity contribution < 1.29 is 13.9 Å². The predicted octanol–water partition coefficient (Wildman–Crippen LogP) is 2.70. The molecule has 5 nitrogen and oxygen atoms in total. The maximum Gasteiger partial charge on any atom is 0.262 e. The maximum atomic E-state index is 14.8. The zero-order valence-corrected chi connectivity index (χ0v) is 16.9. The van der Waals surface area contributed by atoms with Gasteiger partial charge in [-0.15, -0.1) is 0 Å². The van der Waals surface area contributed by atoms with Crippen molar-refractivity contribution in [3.8, 4) is 11.8 Å². The highest BCUT2D eigenvalue weighted by Gasteiger charge is 2.66. The molecule has 1 amide bonds. The number of hydrogen-bond donors (Lipinski definition) is 1. The van der Waals surface area contributed by atoms with E-state index in [4.69, 9.17) is 15.5 Å². The number of carbonyl (C=O) groups is 1. The van der Waals surface area contributed by atoms with Gasteiger partial charge in [-0.3, -0.25) is 9.69 Å². The molecule has 1 atom stereocenters. The van der Waals surface area contributed by atoms with Crippen LogP contribution >= 0.6 is 0 Å². The largest absolute Gasteiger partial charge is 0.381 e. The molecule has 0 bridgehead atoms. The van der Waals surface area contributed by atoms with Crippen molar-refractivity contribution in [1.29, 1.82) is 0 Å². The fourth-order valence-electron chi connectivity index (χ4n) is 5.46. The molecular weight excluding hydrogens is 369 g/mol. The molecule has 2 N–H and O–H groups in total. The minimum atomic E-state index is -1.08. The van der Waals surface area contributed by atoms with Crippen molar-refractivity contribution in [2.75, 3.05) is 14.2 Å². The number of likely N-dealkylation sites (N-methyl/N-ethyl adjacent to an activating group) is 1.